The van der Waals surface area contributed by atoms with Crippen molar-refractivity contribution in [1.29, 1.82) is 0 Å². The molecule has 2 nitrogen and oxygen atoms in total. The van der Waals surface area contributed by atoms with Crippen LogP contribution in [0.4, 0.5) is 26.3 Å². The lowest BCUT2D eigenvalue weighted by atomic mass is 11.1. The largest absolute Gasteiger partial charge is 0.429 e. The fourth-order valence-electron chi connectivity index (χ4n) is 0.651. The van der Waals surface area contributed by atoms with Crippen molar-refractivity contribution in [3.05, 3.63) is 0 Å². The minimum Gasteiger partial charge on any atom is -0.244 e. The van der Waals surface area contributed by atoms with E-state index >= 15 is 0 Å². The molecule has 9 heteroatoms. The predicted molar refractivity (Wildman–Crippen MR) is 40.5 cm³/mol. The summed E-state index contributed by atoms with van der Waals surface area (Å²) in [6.45, 7) is 0. The summed E-state index contributed by atoms with van der Waals surface area (Å²) in [6.07, 6.45) is 0. The normalized spacial score (nSPS) is 14.6. The summed E-state index contributed by atoms with van der Waals surface area (Å²) in [5.41, 5.74) is 0. The van der Waals surface area contributed by atoms with Gasteiger partial charge >= 0.3 is 11.8 Å². The van der Waals surface area contributed by atoms with Crippen molar-refractivity contribution in [1.82, 2.24) is 9.79 Å². The molecule has 0 aliphatic carbocycles. The summed E-state index contributed by atoms with van der Waals surface area (Å²) < 4.78 is 72.6. The van der Waals surface area contributed by atoms with Gasteiger partial charge in [0.15, 0.2) is 0 Å². The van der Waals surface area contributed by atoms with Crippen LogP contribution in [0, 0.1) is 0 Å². The molecular weight excluding hydrogens is 233 g/mol. The molecular formula is C5H9F6N2P. The highest BCUT2D eigenvalue weighted by Crippen LogP contribution is 2.65. The summed E-state index contributed by atoms with van der Waals surface area (Å²) in [7, 11) is -1.19. The SMILES string of the molecule is CN(C)N(C)P(C(F)(F)F)C(F)(F)F. The lowest BCUT2D eigenvalue weighted by Crippen LogP contribution is -2.37. The zero-order valence-electron chi connectivity index (χ0n) is 7.61. The molecule has 0 atom stereocenters. The summed E-state index contributed by atoms with van der Waals surface area (Å²) >= 11 is 0. The Balaban J connectivity index is 4.94. The van der Waals surface area contributed by atoms with Gasteiger partial charge in [0.25, 0.3) is 0 Å². The second kappa shape index (κ2) is 4.20. The smallest absolute Gasteiger partial charge is 0.244 e. The maximum atomic E-state index is 12.1. The number of hydrogen-bond acceptors (Lipinski definition) is 2. The number of alkyl halides is 6. The Kier molecular flexibility index (Phi) is 4.18. The van der Waals surface area contributed by atoms with E-state index in [1.165, 1.54) is 0 Å². The van der Waals surface area contributed by atoms with Crippen LogP contribution in [0.3, 0.4) is 0 Å². The average molecular weight is 242 g/mol. The molecule has 0 radical (unpaired) electrons. The molecule has 0 fully saturated rings. The van der Waals surface area contributed by atoms with Crippen molar-refractivity contribution >= 4 is 8.07 Å². The number of rotatable bonds is 2. The van der Waals surface area contributed by atoms with Crippen LogP contribution in [0.1, 0.15) is 0 Å². The van der Waals surface area contributed by atoms with Crippen molar-refractivity contribution in [3.63, 3.8) is 0 Å². The summed E-state index contributed by atoms with van der Waals surface area (Å²) in [5, 5.41) is 0.757. The van der Waals surface area contributed by atoms with E-state index in [0.29, 0.717) is 0 Å². The van der Waals surface area contributed by atoms with Crippen LogP contribution in [-0.2, 0) is 0 Å². The van der Waals surface area contributed by atoms with E-state index in [2.05, 4.69) is 0 Å². The van der Waals surface area contributed by atoms with Crippen molar-refractivity contribution in [3.8, 4) is 0 Å². The standard InChI is InChI=1S/C5H9F6N2P/c1-12(2)13(3)14(4(6,7)8)5(9,10)11/h1-3H3. The molecule has 86 valence electrons. The first-order chi connectivity index (χ1) is 5.98. The van der Waals surface area contributed by atoms with Crippen molar-refractivity contribution < 1.29 is 26.3 Å². The number of halogens is 6. The fourth-order valence-corrected chi connectivity index (χ4v) is 1.95. The molecule has 0 unspecified atom stereocenters. The molecule has 0 aromatic carbocycles. The van der Waals surface area contributed by atoms with Crippen LogP contribution in [0.2, 0.25) is 0 Å². The fraction of sp³-hybridized carbons (Fsp3) is 1.00. The quantitative estimate of drug-likeness (QED) is 0.417. The van der Waals surface area contributed by atoms with E-state index in [9.17, 15) is 26.3 Å². The third-order valence-corrected chi connectivity index (χ3v) is 3.25. The molecule has 0 aromatic rings. The lowest BCUT2D eigenvalue weighted by molar-refractivity contribution is -0.0979. The van der Waals surface area contributed by atoms with Crippen molar-refractivity contribution in [2.24, 2.45) is 0 Å². The number of hydrazine groups is 1. The number of nitrogens with zero attached hydrogens (tertiary/aromatic N) is 2. The van der Waals surface area contributed by atoms with E-state index in [0.717, 1.165) is 26.2 Å². The molecule has 0 saturated heterocycles. The van der Waals surface area contributed by atoms with Crippen LogP contribution < -0.4 is 0 Å². The molecule has 0 spiro atoms. The van der Waals surface area contributed by atoms with Crippen LogP contribution >= 0.6 is 8.07 Å². The van der Waals surface area contributed by atoms with Crippen LogP contribution in [0.5, 0.6) is 0 Å². The maximum Gasteiger partial charge on any atom is 0.429 e. The van der Waals surface area contributed by atoms with Crippen LogP contribution in [0.25, 0.3) is 0 Å². The lowest BCUT2D eigenvalue weighted by Gasteiger charge is -2.34. The van der Waals surface area contributed by atoms with Gasteiger partial charge in [-0.1, -0.05) is 0 Å². The third-order valence-electron chi connectivity index (χ3n) is 1.35. The maximum absolute atomic E-state index is 12.1. The van der Waals surface area contributed by atoms with E-state index < -0.39 is 19.9 Å². The molecule has 0 bridgehead atoms. The first-order valence-electron chi connectivity index (χ1n) is 3.32. The van der Waals surface area contributed by atoms with Gasteiger partial charge in [0.2, 0.25) is 8.07 Å². The second-order valence-electron chi connectivity index (χ2n) is 2.58. The minimum atomic E-state index is -5.27. The van der Waals surface area contributed by atoms with E-state index in [1.807, 2.05) is 0 Å². The summed E-state index contributed by atoms with van der Waals surface area (Å²) in [5.74, 6) is -10.5. The van der Waals surface area contributed by atoms with Gasteiger partial charge in [-0.15, -0.1) is 0 Å². The van der Waals surface area contributed by atoms with Crippen LogP contribution in [-0.4, -0.2) is 42.8 Å². The highest BCUT2D eigenvalue weighted by atomic mass is 31.1. The van der Waals surface area contributed by atoms with Crippen molar-refractivity contribution in [2.45, 2.75) is 11.8 Å². The highest BCUT2D eigenvalue weighted by Gasteiger charge is 2.60. The van der Waals surface area contributed by atoms with Gasteiger partial charge in [-0.05, 0) is 0 Å². The Morgan fingerprint density at radius 2 is 1.07 bits per heavy atom. The molecule has 14 heavy (non-hydrogen) atoms. The molecule has 0 heterocycles. The third kappa shape index (κ3) is 3.59. The molecule has 0 aromatic heterocycles. The first kappa shape index (κ1) is 13.9. The Hall–Kier alpha value is -0.0700. The summed E-state index contributed by atoms with van der Waals surface area (Å²) in [4.78, 5) is 0. The Morgan fingerprint density at radius 3 is 1.14 bits per heavy atom. The van der Waals surface area contributed by atoms with E-state index in [4.69, 9.17) is 0 Å². The first-order valence-corrected chi connectivity index (χ1v) is 4.62. The average Bonchev–Trinajstić information content (AvgIpc) is 1.79. The predicted octanol–water partition coefficient (Wildman–Crippen LogP) is 2.83. The molecule has 0 aliphatic rings. The minimum absolute atomic E-state index is 0.148. The topological polar surface area (TPSA) is 6.48 Å². The zero-order valence-corrected chi connectivity index (χ0v) is 8.50. The summed E-state index contributed by atoms with van der Waals surface area (Å²) in [6, 6.07) is 0. The second-order valence-corrected chi connectivity index (χ2v) is 4.80. The van der Waals surface area contributed by atoms with Gasteiger partial charge in [-0.25, -0.2) is 9.79 Å². The van der Waals surface area contributed by atoms with Gasteiger partial charge in [0.05, 0.1) is 0 Å². The molecule has 0 aliphatic heterocycles. The van der Waals surface area contributed by atoms with Gasteiger partial charge in [0, 0.05) is 21.1 Å². The Bertz CT molecular complexity index is 174. The van der Waals surface area contributed by atoms with Gasteiger partial charge < -0.3 is 0 Å². The highest BCUT2D eigenvalue weighted by molar-refractivity contribution is 7.57. The molecule has 0 saturated carbocycles. The van der Waals surface area contributed by atoms with E-state index in [1.54, 1.807) is 0 Å². The van der Waals surface area contributed by atoms with Crippen LogP contribution in [0.15, 0.2) is 0 Å². The van der Waals surface area contributed by atoms with Gasteiger partial charge in [-0.3, -0.25) is 0 Å². The zero-order chi connectivity index (χ0) is 11.7. The van der Waals surface area contributed by atoms with Gasteiger partial charge in [0.1, 0.15) is 0 Å². The molecule has 0 rings (SSSR count). The molecule has 0 N–H and O–H groups in total. The van der Waals surface area contributed by atoms with Gasteiger partial charge in [-0.2, -0.15) is 26.3 Å². The Labute approximate surface area is 78.2 Å². The van der Waals surface area contributed by atoms with E-state index in [-0.39, 0.29) is 4.78 Å². The Morgan fingerprint density at radius 1 is 0.786 bits per heavy atom. The molecule has 0 amide bonds. The monoisotopic (exact) mass is 242 g/mol. The van der Waals surface area contributed by atoms with Crippen molar-refractivity contribution in [2.75, 3.05) is 21.1 Å². The number of hydrogen-bond donors (Lipinski definition) is 0.